The molecule has 1 saturated heterocycles. The highest BCUT2D eigenvalue weighted by Gasteiger charge is 2.14. The van der Waals surface area contributed by atoms with Gasteiger partial charge in [-0.1, -0.05) is 11.6 Å². The molecule has 0 radical (unpaired) electrons. The summed E-state index contributed by atoms with van der Waals surface area (Å²) in [6.45, 7) is 4.16. The summed E-state index contributed by atoms with van der Waals surface area (Å²) in [7, 11) is 0. The Morgan fingerprint density at radius 2 is 2.03 bits per heavy atom. The van der Waals surface area contributed by atoms with Gasteiger partial charge >= 0.3 is 5.88 Å². The Labute approximate surface area is 182 Å². The summed E-state index contributed by atoms with van der Waals surface area (Å²) in [4.78, 5) is 21.0. The van der Waals surface area contributed by atoms with Gasteiger partial charge in [-0.3, -0.25) is 15.0 Å². The fourth-order valence-corrected chi connectivity index (χ4v) is 3.68. The number of nitro groups is 1. The molecule has 31 heavy (non-hydrogen) atoms. The average Bonchev–Trinajstić information content (AvgIpc) is 3.24. The molecule has 0 atom stereocenters. The van der Waals surface area contributed by atoms with Gasteiger partial charge in [0.05, 0.1) is 24.8 Å². The number of morpholine rings is 1. The van der Waals surface area contributed by atoms with Crippen LogP contribution < -0.4 is 0 Å². The second-order valence-corrected chi connectivity index (χ2v) is 7.52. The number of fused-ring (bicyclic) bond motifs is 1. The minimum absolute atomic E-state index is 0.133. The Morgan fingerprint density at radius 1 is 1.23 bits per heavy atom. The molecule has 0 unspecified atom stereocenters. The highest BCUT2D eigenvalue weighted by Crippen LogP contribution is 2.25. The smallest absolute Gasteiger partial charge is 0.401 e. The number of furan rings is 1. The number of hydrogen-bond acceptors (Lipinski definition) is 7. The van der Waals surface area contributed by atoms with Gasteiger partial charge in [-0.2, -0.15) is 0 Å². The van der Waals surface area contributed by atoms with Crippen molar-refractivity contribution in [1.29, 1.82) is 0 Å². The molecule has 1 aliphatic heterocycles. The highest BCUT2D eigenvalue weighted by molar-refractivity contribution is 6.34. The van der Waals surface area contributed by atoms with Crippen LogP contribution in [0.25, 0.3) is 23.1 Å². The van der Waals surface area contributed by atoms with E-state index in [1.165, 1.54) is 30.4 Å². The van der Waals surface area contributed by atoms with E-state index in [0.717, 1.165) is 39.3 Å². The maximum absolute atomic E-state index is 14.6. The number of aromatic nitrogens is 2. The minimum atomic E-state index is -0.615. The van der Waals surface area contributed by atoms with Crippen LogP contribution in [-0.2, 0) is 11.2 Å². The van der Waals surface area contributed by atoms with E-state index in [1.54, 1.807) is 6.07 Å². The summed E-state index contributed by atoms with van der Waals surface area (Å²) in [5.74, 6) is -0.0997. The van der Waals surface area contributed by atoms with Gasteiger partial charge < -0.3 is 9.15 Å². The number of rotatable bonds is 7. The van der Waals surface area contributed by atoms with Gasteiger partial charge in [0.25, 0.3) is 0 Å². The molecule has 1 aromatic carbocycles. The minimum Gasteiger partial charge on any atom is -0.401 e. The van der Waals surface area contributed by atoms with E-state index in [9.17, 15) is 14.5 Å². The Kier molecular flexibility index (Phi) is 6.55. The number of benzene rings is 1. The molecule has 0 N–H and O–H groups in total. The predicted octanol–water partition coefficient (Wildman–Crippen LogP) is 4.36. The molecule has 2 aromatic heterocycles. The van der Waals surface area contributed by atoms with Crippen molar-refractivity contribution >= 4 is 40.5 Å². The van der Waals surface area contributed by atoms with Crippen molar-refractivity contribution < 1.29 is 18.5 Å². The van der Waals surface area contributed by atoms with E-state index < -0.39 is 4.92 Å². The molecule has 8 nitrogen and oxygen atoms in total. The molecule has 0 spiro atoms. The molecular formula is C21H20ClFN4O4. The molecule has 1 aliphatic rings. The zero-order chi connectivity index (χ0) is 21.8. The normalized spacial score (nSPS) is 15.2. The van der Waals surface area contributed by atoms with Crippen LogP contribution in [0.15, 0.2) is 28.7 Å². The monoisotopic (exact) mass is 446 g/mol. The number of nitrogens with zero attached hydrogens (tertiary/aromatic N) is 4. The van der Waals surface area contributed by atoms with Crippen LogP contribution in [-0.4, -0.2) is 52.6 Å². The summed E-state index contributed by atoms with van der Waals surface area (Å²) in [5.41, 5.74) is 1.11. The lowest BCUT2D eigenvalue weighted by Crippen LogP contribution is -2.36. The second kappa shape index (κ2) is 9.51. The largest absolute Gasteiger partial charge is 0.433 e. The van der Waals surface area contributed by atoms with E-state index in [-0.39, 0.29) is 22.6 Å². The Bertz CT molecular complexity index is 1130. The van der Waals surface area contributed by atoms with E-state index >= 15 is 0 Å². The fraction of sp³-hybridized carbons (Fsp3) is 0.333. The van der Waals surface area contributed by atoms with Gasteiger partial charge in [0.15, 0.2) is 5.82 Å². The molecule has 3 aromatic rings. The topological polar surface area (TPSA) is 94.5 Å². The summed E-state index contributed by atoms with van der Waals surface area (Å²) in [5, 5.41) is 11.3. The first-order valence-electron chi connectivity index (χ1n) is 9.88. The molecule has 162 valence electrons. The quantitative estimate of drug-likeness (QED) is 0.302. The number of hydrogen-bond donors (Lipinski definition) is 0. The van der Waals surface area contributed by atoms with Crippen LogP contribution >= 0.6 is 11.6 Å². The molecule has 3 heterocycles. The van der Waals surface area contributed by atoms with E-state index in [2.05, 4.69) is 14.9 Å². The van der Waals surface area contributed by atoms with Gasteiger partial charge in [-0.15, -0.1) is 0 Å². The van der Waals surface area contributed by atoms with Crippen LogP contribution in [0.3, 0.4) is 0 Å². The zero-order valence-corrected chi connectivity index (χ0v) is 17.3. The van der Waals surface area contributed by atoms with Crippen LogP contribution in [0.4, 0.5) is 10.3 Å². The van der Waals surface area contributed by atoms with Gasteiger partial charge in [0.1, 0.15) is 21.7 Å². The van der Waals surface area contributed by atoms with Crippen LogP contribution in [0.5, 0.6) is 0 Å². The lowest BCUT2D eigenvalue weighted by atomic mass is 10.1. The number of halogens is 2. The van der Waals surface area contributed by atoms with Gasteiger partial charge in [-0.05, 0) is 55.3 Å². The Morgan fingerprint density at radius 3 is 2.77 bits per heavy atom. The maximum atomic E-state index is 14.6. The first-order chi connectivity index (χ1) is 15.0. The van der Waals surface area contributed by atoms with Crippen LogP contribution in [0.2, 0.25) is 5.15 Å². The molecule has 10 heteroatoms. The first-order valence-corrected chi connectivity index (χ1v) is 10.3. The molecule has 0 amide bonds. The van der Waals surface area contributed by atoms with Crippen molar-refractivity contribution in [2.75, 3.05) is 32.8 Å². The molecule has 0 bridgehead atoms. The first kappa shape index (κ1) is 21.4. The molecule has 0 aliphatic carbocycles. The third-order valence-electron chi connectivity index (χ3n) is 5.05. The van der Waals surface area contributed by atoms with E-state index in [0.29, 0.717) is 28.7 Å². The summed E-state index contributed by atoms with van der Waals surface area (Å²) < 4.78 is 25.0. The predicted molar refractivity (Wildman–Crippen MR) is 114 cm³/mol. The number of ether oxygens (including phenoxy) is 1. The second-order valence-electron chi connectivity index (χ2n) is 7.16. The van der Waals surface area contributed by atoms with Crippen molar-refractivity contribution in [2.24, 2.45) is 0 Å². The van der Waals surface area contributed by atoms with Crippen molar-refractivity contribution in [2.45, 2.75) is 12.8 Å². The van der Waals surface area contributed by atoms with Crippen LogP contribution in [0, 0.1) is 15.9 Å². The van der Waals surface area contributed by atoms with Crippen molar-refractivity contribution in [3.05, 3.63) is 62.5 Å². The summed E-state index contributed by atoms with van der Waals surface area (Å²) in [6.07, 6.45) is 4.46. The highest BCUT2D eigenvalue weighted by atomic mass is 35.5. The molecular weight excluding hydrogens is 427 g/mol. The standard InChI is InChI=1S/C21H20ClFN4O4/c22-21-16-13-17(23)14(2-1-7-26-8-10-30-11-9-26)12-18(16)24-19(25-21)5-3-15-4-6-20(31-15)27(28)29/h3-6,12-13H,1-2,7-11H2/b5-3+. The van der Waals surface area contributed by atoms with Crippen LogP contribution in [0.1, 0.15) is 23.6 Å². The number of aryl methyl sites for hydroxylation is 1. The SMILES string of the molecule is O=[N+]([O-])c1ccc(/C=C/c2nc(Cl)c3cc(F)c(CCCN4CCOCC4)cc3n2)o1. The summed E-state index contributed by atoms with van der Waals surface area (Å²) in [6, 6.07) is 5.80. The van der Waals surface area contributed by atoms with E-state index in [1.807, 2.05) is 0 Å². The van der Waals surface area contributed by atoms with E-state index in [4.69, 9.17) is 20.8 Å². The van der Waals surface area contributed by atoms with Gasteiger partial charge in [0.2, 0.25) is 0 Å². The Hall–Kier alpha value is -2.88. The molecule has 0 saturated carbocycles. The fourth-order valence-electron chi connectivity index (χ4n) is 3.44. The zero-order valence-electron chi connectivity index (χ0n) is 16.6. The lowest BCUT2D eigenvalue weighted by molar-refractivity contribution is -0.402. The molecule has 4 rings (SSSR count). The average molecular weight is 447 g/mol. The van der Waals surface area contributed by atoms with Crippen molar-refractivity contribution in [3.63, 3.8) is 0 Å². The van der Waals surface area contributed by atoms with Gasteiger partial charge in [-0.25, -0.2) is 14.4 Å². The lowest BCUT2D eigenvalue weighted by Gasteiger charge is -2.26. The van der Waals surface area contributed by atoms with Crippen molar-refractivity contribution in [1.82, 2.24) is 14.9 Å². The Balaban J connectivity index is 1.51. The molecule has 1 fully saturated rings. The third kappa shape index (κ3) is 5.25. The van der Waals surface area contributed by atoms with Gasteiger partial charge in [0, 0.05) is 18.5 Å². The van der Waals surface area contributed by atoms with Crippen molar-refractivity contribution in [3.8, 4) is 0 Å². The third-order valence-corrected chi connectivity index (χ3v) is 5.34. The summed E-state index contributed by atoms with van der Waals surface area (Å²) >= 11 is 6.24. The maximum Gasteiger partial charge on any atom is 0.433 e.